The maximum Gasteiger partial charge on any atom is 0.149 e. The summed E-state index contributed by atoms with van der Waals surface area (Å²) in [6, 6.07) is -0.403. The molecular formula is C4H10N2O2S. The van der Waals surface area contributed by atoms with Crippen molar-refractivity contribution in [3.8, 4) is 0 Å². The van der Waals surface area contributed by atoms with Crippen LogP contribution >= 0.6 is 0 Å². The van der Waals surface area contributed by atoms with Gasteiger partial charge >= 0.3 is 0 Å². The van der Waals surface area contributed by atoms with Crippen LogP contribution in [0.15, 0.2) is 5.11 Å². The largest absolute Gasteiger partial charge is 0.229 e. The molecule has 0 heterocycles. The third kappa shape index (κ3) is 5.42. The fraction of sp³-hybridized carbons (Fsp3) is 1.00. The van der Waals surface area contributed by atoms with Crippen LogP contribution in [-0.2, 0) is 9.84 Å². The van der Waals surface area contributed by atoms with Crippen LogP contribution in [0.2, 0.25) is 0 Å². The van der Waals surface area contributed by atoms with Gasteiger partial charge in [-0.1, -0.05) is 0 Å². The molecule has 0 aliphatic rings. The third-order valence-corrected chi connectivity index (χ3v) is 1.85. The van der Waals surface area contributed by atoms with Crippen LogP contribution in [0.25, 0.3) is 0 Å². The summed E-state index contributed by atoms with van der Waals surface area (Å²) in [5.74, 6) is -0.0313. The SMILES string of the molecule is CC(CS(C)(=O)=O)N=N. The predicted octanol–water partition coefficient (Wildman–Crippen LogP) is 0.450. The molecule has 5 heteroatoms. The van der Waals surface area contributed by atoms with E-state index in [0.717, 1.165) is 6.26 Å². The van der Waals surface area contributed by atoms with E-state index in [1.165, 1.54) is 0 Å². The zero-order valence-corrected chi connectivity index (χ0v) is 6.27. The predicted molar refractivity (Wildman–Crippen MR) is 34.3 cm³/mol. The minimum absolute atomic E-state index is 0.0313. The first-order valence-corrected chi connectivity index (χ1v) is 4.56. The monoisotopic (exact) mass is 150 g/mol. The highest BCUT2D eigenvalue weighted by Crippen LogP contribution is 1.93. The molecule has 0 bridgehead atoms. The third-order valence-electron chi connectivity index (χ3n) is 0.764. The Bertz CT molecular complexity index is 185. The van der Waals surface area contributed by atoms with Gasteiger partial charge in [-0.3, -0.25) is 0 Å². The maximum atomic E-state index is 10.5. The van der Waals surface area contributed by atoms with Crippen molar-refractivity contribution < 1.29 is 8.42 Å². The van der Waals surface area contributed by atoms with Crippen molar-refractivity contribution in [3.05, 3.63) is 0 Å². The van der Waals surface area contributed by atoms with E-state index in [1.807, 2.05) is 0 Å². The van der Waals surface area contributed by atoms with Crippen molar-refractivity contribution in [1.29, 1.82) is 5.53 Å². The lowest BCUT2D eigenvalue weighted by atomic mass is 10.4. The molecule has 0 rings (SSSR count). The molecule has 0 aromatic rings. The van der Waals surface area contributed by atoms with E-state index in [1.54, 1.807) is 6.92 Å². The fourth-order valence-corrected chi connectivity index (χ4v) is 1.43. The van der Waals surface area contributed by atoms with E-state index in [-0.39, 0.29) is 5.75 Å². The zero-order valence-electron chi connectivity index (χ0n) is 5.46. The average Bonchev–Trinajstić information content (AvgIpc) is 1.62. The molecule has 4 nitrogen and oxygen atoms in total. The van der Waals surface area contributed by atoms with Gasteiger partial charge in [0.05, 0.1) is 11.8 Å². The topological polar surface area (TPSA) is 70.3 Å². The molecule has 1 atom stereocenters. The Morgan fingerprint density at radius 2 is 2.11 bits per heavy atom. The number of nitrogens with zero attached hydrogens (tertiary/aromatic N) is 1. The smallest absolute Gasteiger partial charge is 0.149 e. The van der Waals surface area contributed by atoms with Gasteiger partial charge in [0.15, 0.2) is 0 Å². The summed E-state index contributed by atoms with van der Waals surface area (Å²) in [4.78, 5) is 0. The molecule has 0 aromatic carbocycles. The Kier molecular flexibility index (Phi) is 2.76. The molecule has 1 N–H and O–H groups in total. The highest BCUT2D eigenvalue weighted by atomic mass is 32.2. The molecule has 0 spiro atoms. The summed E-state index contributed by atoms with van der Waals surface area (Å²) in [6.45, 7) is 1.59. The van der Waals surface area contributed by atoms with Crippen molar-refractivity contribution in [2.45, 2.75) is 13.0 Å². The van der Waals surface area contributed by atoms with Crippen molar-refractivity contribution in [2.75, 3.05) is 12.0 Å². The quantitative estimate of drug-likeness (QED) is 0.593. The van der Waals surface area contributed by atoms with E-state index in [0.29, 0.717) is 0 Å². The minimum Gasteiger partial charge on any atom is -0.229 e. The van der Waals surface area contributed by atoms with E-state index in [2.05, 4.69) is 5.11 Å². The number of nitrogens with one attached hydrogen (secondary N) is 1. The number of hydrogen-bond acceptors (Lipinski definition) is 4. The summed E-state index contributed by atoms with van der Waals surface area (Å²) in [6.07, 6.45) is 1.13. The van der Waals surface area contributed by atoms with Crippen LogP contribution < -0.4 is 0 Å². The molecule has 0 saturated carbocycles. The first-order chi connectivity index (χ1) is 3.95. The van der Waals surface area contributed by atoms with Crippen LogP contribution in [0.1, 0.15) is 6.92 Å². The Balaban J connectivity index is 3.89. The maximum absolute atomic E-state index is 10.5. The van der Waals surface area contributed by atoms with Gasteiger partial charge in [-0.05, 0) is 6.92 Å². The van der Waals surface area contributed by atoms with E-state index < -0.39 is 15.9 Å². The van der Waals surface area contributed by atoms with Crippen LogP contribution in [0.3, 0.4) is 0 Å². The van der Waals surface area contributed by atoms with Gasteiger partial charge in [0.2, 0.25) is 0 Å². The zero-order chi connectivity index (χ0) is 7.49. The molecule has 0 aromatic heterocycles. The summed E-state index contributed by atoms with van der Waals surface area (Å²) in [5.41, 5.74) is 6.45. The average molecular weight is 150 g/mol. The Labute approximate surface area is 54.7 Å². The molecule has 1 unspecified atom stereocenters. The molecule has 9 heavy (non-hydrogen) atoms. The number of rotatable bonds is 3. The number of sulfone groups is 1. The second-order valence-corrected chi connectivity index (χ2v) is 4.26. The van der Waals surface area contributed by atoms with Crippen LogP contribution in [0.4, 0.5) is 0 Å². The van der Waals surface area contributed by atoms with E-state index in [4.69, 9.17) is 5.53 Å². The fourth-order valence-electron chi connectivity index (χ4n) is 0.475. The molecular weight excluding hydrogens is 140 g/mol. The second kappa shape index (κ2) is 2.91. The number of hydrogen-bond donors (Lipinski definition) is 1. The van der Waals surface area contributed by atoms with Crippen LogP contribution in [0, 0.1) is 5.53 Å². The Morgan fingerprint density at radius 3 is 2.22 bits per heavy atom. The lowest BCUT2D eigenvalue weighted by Crippen LogP contribution is -2.13. The first kappa shape index (κ1) is 8.55. The summed E-state index contributed by atoms with van der Waals surface area (Å²) in [7, 11) is -2.95. The van der Waals surface area contributed by atoms with Crippen molar-refractivity contribution >= 4 is 9.84 Å². The van der Waals surface area contributed by atoms with Gasteiger partial charge in [-0.2, -0.15) is 5.11 Å². The second-order valence-electron chi connectivity index (χ2n) is 2.07. The molecule has 54 valence electrons. The Hall–Kier alpha value is -0.450. The first-order valence-electron chi connectivity index (χ1n) is 2.50. The van der Waals surface area contributed by atoms with Gasteiger partial charge in [0.1, 0.15) is 9.84 Å². The Morgan fingerprint density at radius 1 is 1.67 bits per heavy atom. The summed E-state index contributed by atoms with van der Waals surface area (Å²) >= 11 is 0. The molecule has 0 saturated heterocycles. The van der Waals surface area contributed by atoms with E-state index >= 15 is 0 Å². The van der Waals surface area contributed by atoms with Crippen molar-refractivity contribution in [3.63, 3.8) is 0 Å². The van der Waals surface area contributed by atoms with Gasteiger partial charge < -0.3 is 0 Å². The van der Waals surface area contributed by atoms with Gasteiger partial charge in [0, 0.05) is 6.26 Å². The highest BCUT2D eigenvalue weighted by Gasteiger charge is 2.07. The van der Waals surface area contributed by atoms with Gasteiger partial charge in [-0.25, -0.2) is 13.9 Å². The van der Waals surface area contributed by atoms with Gasteiger partial charge in [-0.15, -0.1) is 0 Å². The highest BCUT2D eigenvalue weighted by molar-refractivity contribution is 7.90. The molecule has 0 aliphatic carbocycles. The molecule has 0 fully saturated rings. The lowest BCUT2D eigenvalue weighted by Gasteiger charge is -1.98. The molecule has 0 radical (unpaired) electrons. The van der Waals surface area contributed by atoms with E-state index in [9.17, 15) is 8.42 Å². The minimum atomic E-state index is -2.95. The van der Waals surface area contributed by atoms with Crippen molar-refractivity contribution in [1.82, 2.24) is 0 Å². The normalized spacial score (nSPS) is 14.9. The summed E-state index contributed by atoms with van der Waals surface area (Å²) < 4.78 is 20.9. The van der Waals surface area contributed by atoms with Crippen LogP contribution in [-0.4, -0.2) is 26.5 Å². The van der Waals surface area contributed by atoms with Crippen molar-refractivity contribution in [2.24, 2.45) is 5.11 Å². The molecule has 0 aliphatic heterocycles. The van der Waals surface area contributed by atoms with Crippen LogP contribution in [0.5, 0.6) is 0 Å². The van der Waals surface area contributed by atoms with Gasteiger partial charge in [0.25, 0.3) is 0 Å². The molecule has 0 amide bonds. The standard InChI is InChI=1S/C4H10N2O2S/c1-4(6-5)3-9(2,7)8/h4-5H,3H2,1-2H3. The lowest BCUT2D eigenvalue weighted by molar-refractivity contribution is 0.593. The summed E-state index contributed by atoms with van der Waals surface area (Å²) in [5, 5.41) is 3.04.